The van der Waals surface area contributed by atoms with Crippen LogP contribution in [0, 0.1) is 0 Å². The summed E-state index contributed by atoms with van der Waals surface area (Å²) in [6, 6.07) is 16.0. The molecule has 2 aromatic rings. The van der Waals surface area contributed by atoms with Crippen LogP contribution in [0.4, 0.5) is 17.6 Å². The Morgan fingerprint density at radius 3 is 1.04 bits per heavy atom. The molecule has 0 aliphatic carbocycles. The third kappa shape index (κ3) is 2.75. The van der Waals surface area contributed by atoms with Gasteiger partial charge in [0, 0.05) is 0 Å². The predicted molar refractivity (Wildman–Crippen MR) is 97.0 cm³/mol. The van der Waals surface area contributed by atoms with Crippen LogP contribution in [0.2, 0.25) is 26.2 Å². The molecule has 0 atom stereocenters. The Morgan fingerprint density at radius 1 is 0.542 bits per heavy atom. The minimum Gasteiger partial charge on any atom is -0.205 e. The van der Waals surface area contributed by atoms with Crippen LogP contribution in [0.15, 0.2) is 60.7 Å². The van der Waals surface area contributed by atoms with Gasteiger partial charge in [0.15, 0.2) is 16.1 Å². The largest absolute Gasteiger partial charge is 0.291 e. The second kappa shape index (κ2) is 6.15. The van der Waals surface area contributed by atoms with Crippen molar-refractivity contribution >= 4 is 26.5 Å². The van der Waals surface area contributed by atoms with Crippen LogP contribution in [0.25, 0.3) is 0 Å². The molecule has 0 radical (unpaired) electrons. The van der Waals surface area contributed by atoms with Crippen molar-refractivity contribution in [2.45, 2.75) is 37.3 Å². The summed E-state index contributed by atoms with van der Waals surface area (Å²) >= 11 is 0. The van der Waals surface area contributed by atoms with Crippen LogP contribution >= 0.6 is 0 Å². The van der Waals surface area contributed by atoms with Crippen LogP contribution in [0.3, 0.4) is 0 Å². The SMILES string of the molecule is C[Si](C)(c1ccccc1)C(F)(F)C(F)(F)[Si](C)(C)c1ccccc1. The molecular weight excluding hydrogens is 348 g/mol. The maximum atomic E-state index is 15.2. The summed E-state index contributed by atoms with van der Waals surface area (Å²) < 4.78 is 60.8. The van der Waals surface area contributed by atoms with Gasteiger partial charge in [-0.2, -0.15) is 0 Å². The van der Waals surface area contributed by atoms with E-state index >= 15 is 17.6 Å². The molecule has 0 spiro atoms. The Kier molecular flexibility index (Phi) is 4.85. The quantitative estimate of drug-likeness (QED) is 0.534. The zero-order valence-electron chi connectivity index (χ0n) is 14.3. The van der Waals surface area contributed by atoms with Crippen LogP contribution in [-0.2, 0) is 0 Å². The molecule has 0 nitrogen and oxygen atoms in total. The number of hydrogen-bond donors (Lipinski definition) is 0. The summed E-state index contributed by atoms with van der Waals surface area (Å²) in [5, 5.41) is 0.681. The molecule has 0 fully saturated rings. The molecule has 24 heavy (non-hydrogen) atoms. The van der Waals surface area contributed by atoms with Crippen molar-refractivity contribution in [2.24, 2.45) is 0 Å². The van der Waals surface area contributed by atoms with E-state index in [4.69, 9.17) is 0 Å². The summed E-state index contributed by atoms with van der Waals surface area (Å²) in [6.07, 6.45) is 0. The molecule has 0 saturated heterocycles. The number of rotatable bonds is 5. The second-order valence-corrected chi connectivity index (χ2v) is 16.0. The highest BCUT2D eigenvalue weighted by atomic mass is 28.3. The number of halogens is 4. The summed E-state index contributed by atoms with van der Waals surface area (Å²) in [5.74, 6) is 0. The zero-order chi connectivity index (χ0) is 18.2. The van der Waals surface area contributed by atoms with Gasteiger partial charge in [-0.15, -0.1) is 0 Å². The topological polar surface area (TPSA) is 0 Å². The minimum atomic E-state index is -4.05. The first-order valence-electron chi connectivity index (χ1n) is 7.83. The lowest BCUT2D eigenvalue weighted by Crippen LogP contribution is -2.74. The molecule has 130 valence electrons. The maximum absolute atomic E-state index is 15.2. The molecule has 0 aliphatic rings. The predicted octanol–water partition coefficient (Wildman–Crippen LogP) is 4.57. The molecule has 0 heterocycles. The molecule has 2 rings (SSSR count). The first-order chi connectivity index (χ1) is 11.0. The van der Waals surface area contributed by atoms with Gasteiger partial charge in [0.05, 0.1) is 0 Å². The first kappa shape index (κ1) is 18.9. The van der Waals surface area contributed by atoms with Gasteiger partial charge in [-0.05, 0) is 0 Å². The van der Waals surface area contributed by atoms with Crippen molar-refractivity contribution in [2.75, 3.05) is 0 Å². The van der Waals surface area contributed by atoms with Gasteiger partial charge in [0.1, 0.15) is 0 Å². The lowest BCUT2D eigenvalue weighted by molar-refractivity contribution is -0.111. The number of hydrogen-bond acceptors (Lipinski definition) is 0. The van der Waals surface area contributed by atoms with Crippen LogP contribution in [0.5, 0.6) is 0 Å². The molecule has 2 aromatic carbocycles. The molecule has 6 heteroatoms. The summed E-state index contributed by atoms with van der Waals surface area (Å²) in [4.78, 5) is 0. The molecule has 0 N–H and O–H groups in total. The molecule has 0 aromatic heterocycles. The highest BCUT2D eigenvalue weighted by Crippen LogP contribution is 2.46. The average Bonchev–Trinajstić information content (AvgIpc) is 2.56. The number of benzene rings is 2. The van der Waals surface area contributed by atoms with Gasteiger partial charge in [-0.3, -0.25) is 0 Å². The smallest absolute Gasteiger partial charge is 0.205 e. The average molecular weight is 371 g/mol. The molecule has 0 amide bonds. The van der Waals surface area contributed by atoms with Crippen molar-refractivity contribution in [3.63, 3.8) is 0 Å². The first-order valence-corrected chi connectivity index (χ1v) is 13.8. The van der Waals surface area contributed by atoms with E-state index in [1.807, 2.05) is 0 Å². The van der Waals surface area contributed by atoms with Crippen molar-refractivity contribution in [3.05, 3.63) is 60.7 Å². The van der Waals surface area contributed by atoms with Gasteiger partial charge in [0.25, 0.3) is 11.1 Å². The van der Waals surface area contributed by atoms with E-state index in [9.17, 15) is 0 Å². The van der Waals surface area contributed by atoms with Crippen molar-refractivity contribution in [1.29, 1.82) is 0 Å². The van der Waals surface area contributed by atoms with E-state index in [0.717, 1.165) is 0 Å². The Hall–Kier alpha value is -1.41. The molecule has 0 saturated carbocycles. The molecule has 0 aliphatic heterocycles. The monoisotopic (exact) mass is 370 g/mol. The van der Waals surface area contributed by atoms with Crippen LogP contribution in [0.1, 0.15) is 0 Å². The summed E-state index contributed by atoms with van der Waals surface area (Å²) in [6.45, 7) is 5.30. The third-order valence-corrected chi connectivity index (χ3v) is 12.5. The Labute approximate surface area is 142 Å². The van der Waals surface area contributed by atoms with Crippen molar-refractivity contribution in [3.8, 4) is 0 Å². The van der Waals surface area contributed by atoms with E-state index in [-0.39, 0.29) is 0 Å². The fourth-order valence-corrected chi connectivity index (χ4v) is 9.08. The van der Waals surface area contributed by atoms with E-state index in [0.29, 0.717) is 10.4 Å². The van der Waals surface area contributed by atoms with Crippen molar-refractivity contribution in [1.82, 2.24) is 0 Å². The lowest BCUT2D eigenvalue weighted by atomic mass is 10.4. The fourth-order valence-electron chi connectivity index (χ4n) is 2.86. The van der Waals surface area contributed by atoms with Gasteiger partial charge in [-0.1, -0.05) is 97.2 Å². The Balaban J connectivity index is 2.54. The van der Waals surface area contributed by atoms with E-state index in [1.54, 1.807) is 36.4 Å². The van der Waals surface area contributed by atoms with Gasteiger partial charge >= 0.3 is 0 Å². The fraction of sp³-hybridized carbons (Fsp3) is 0.333. The molecule has 0 bridgehead atoms. The third-order valence-electron chi connectivity index (χ3n) is 4.96. The van der Waals surface area contributed by atoms with E-state index in [1.165, 1.54) is 50.5 Å². The van der Waals surface area contributed by atoms with Crippen LogP contribution < -0.4 is 10.4 Å². The van der Waals surface area contributed by atoms with Crippen molar-refractivity contribution < 1.29 is 17.6 Å². The summed E-state index contributed by atoms with van der Waals surface area (Å²) in [7, 11) is -7.47. The highest BCUT2D eigenvalue weighted by molar-refractivity contribution is 6.97. The summed E-state index contributed by atoms with van der Waals surface area (Å²) in [5.41, 5.74) is -8.10. The van der Waals surface area contributed by atoms with E-state index < -0.39 is 27.2 Å². The second-order valence-electron chi connectivity index (χ2n) is 7.13. The maximum Gasteiger partial charge on any atom is 0.291 e. The number of alkyl halides is 4. The van der Waals surface area contributed by atoms with Gasteiger partial charge in [-0.25, -0.2) is 17.6 Å². The van der Waals surface area contributed by atoms with Gasteiger partial charge < -0.3 is 0 Å². The zero-order valence-corrected chi connectivity index (χ0v) is 16.3. The standard InChI is InChI=1S/C18H22F4Si2/c1-23(2,15-11-7-5-8-12-15)17(19,20)18(21,22)24(3,4)16-13-9-6-10-14-16/h5-14H,1-4H3. The Bertz CT molecular complexity index is 621. The van der Waals surface area contributed by atoms with E-state index in [2.05, 4.69) is 0 Å². The molecule has 0 unspecified atom stereocenters. The highest BCUT2D eigenvalue weighted by Gasteiger charge is 2.72. The molecular formula is C18H22F4Si2. The lowest BCUT2D eigenvalue weighted by Gasteiger charge is -2.44. The normalized spacial score (nSPS) is 13.8. The minimum absolute atomic E-state index is 0.340. The Morgan fingerprint density at radius 2 is 0.792 bits per heavy atom. The van der Waals surface area contributed by atoms with Crippen LogP contribution in [-0.4, -0.2) is 27.2 Å². The van der Waals surface area contributed by atoms with Gasteiger partial charge in [0.2, 0.25) is 0 Å².